The number of imidazole rings is 1. The largest absolute Gasteiger partial charge is 0.481 e. The number of fused-ring (bicyclic) bond motifs is 1. The third kappa shape index (κ3) is 9.48. The van der Waals surface area contributed by atoms with Gasteiger partial charge in [-0.2, -0.15) is 0 Å². The standard InChI is InChI=1S/C23H23FN4.C6H8O7/c24-22-8-3-1-6-20(22)17-28(14-5-13-27-15-12-25-18-27)16-19-10-11-26-23-9-4-2-7-21(19)23;7-3(8)1-6(13,5(11)12)2-4(9)10/h1-4,6-12,15,18H,5,13-14,16-17H2;13H,1-2H2,(H,7,8)(H,9,10)(H,11,12). The Balaban J connectivity index is 0.000000302. The number of hydrogen-bond donors (Lipinski definition) is 4. The molecule has 0 saturated heterocycles. The number of hydrogen-bond acceptors (Lipinski definition) is 7. The zero-order valence-electron chi connectivity index (χ0n) is 22.1. The summed E-state index contributed by atoms with van der Waals surface area (Å²) >= 11 is 0. The second-order valence-electron chi connectivity index (χ2n) is 9.42. The second-order valence-corrected chi connectivity index (χ2v) is 9.42. The number of carbonyl (C=O) groups is 3. The number of rotatable bonds is 13. The van der Waals surface area contributed by atoms with Crippen molar-refractivity contribution in [3.05, 3.63) is 96.5 Å². The number of pyridine rings is 1. The Bertz CT molecular complexity index is 1440. The van der Waals surface area contributed by atoms with Crippen molar-refractivity contribution < 1.29 is 39.2 Å². The lowest BCUT2D eigenvalue weighted by molar-refractivity contribution is -0.170. The van der Waals surface area contributed by atoms with Gasteiger partial charge in [-0.15, -0.1) is 0 Å². The summed E-state index contributed by atoms with van der Waals surface area (Å²) in [5.41, 5.74) is 0.190. The molecule has 0 atom stereocenters. The van der Waals surface area contributed by atoms with Crippen LogP contribution in [0, 0.1) is 5.82 Å². The van der Waals surface area contributed by atoms with Crippen molar-refractivity contribution in [1.29, 1.82) is 0 Å². The van der Waals surface area contributed by atoms with Crippen LogP contribution in [-0.4, -0.2) is 69.9 Å². The molecule has 0 bridgehead atoms. The average molecular weight is 567 g/mol. The fraction of sp³-hybridized carbons (Fsp3) is 0.276. The molecule has 0 spiro atoms. The van der Waals surface area contributed by atoms with Gasteiger partial charge in [-0.25, -0.2) is 14.2 Å². The first-order valence-corrected chi connectivity index (χ1v) is 12.7. The lowest BCUT2D eigenvalue weighted by Crippen LogP contribution is -2.42. The predicted molar refractivity (Wildman–Crippen MR) is 146 cm³/mol. The van der Waals surface area contributed by atoms with Crippen LogP contribution in [0.2, 0.25) is 0 Å². The Morgan fingerprint density at radius 1 is 0.878 bits per heavy atom. The van der Waals surface area contributed by atoms with Crippen molar-refractivity contribution >= 4 is 28.8 Å². The highest BCUT2D eigenvalue weighted by Crippen LogP contribution is 2.20. The van der Waals surface area contributed by atoms with Crippen LogP contribution in [0.3, 0.4) is 0 Å². The van der Waals surface area contributed by atoms with Gasteiger partial charge in [-0.1, -0.05) is 36.4 Å². The molecule has 2 heterocycles. The summed E-state index contributed by atoms with van der Waals surface area (Å²) in [4.78, 5) is 41.3. The number of nitrogens with zero attached hydrogens (tertiary/aromatic N) is 4. The number of aliphatic hydroxyl groups is 1. The molecule has 0 aliphatic heterocycles. The first kappa shape index (κ1) is 30.9. The molecule has 0 radical (unpaired) electrons. The number of aryl methyl sites for hydroxylation is 1. The highest BCUT2D eigenvalue weighted by molar-refractivity contribution is 5.88. The molecular weight excluding hydrogens is 535 g/mol. The van der Waals surface area contributed by atoms with Gasteiger partial charge in [0.15, 0.2) is 5.60 Å². The van der Waals surface area contributed by atoms with E-state index in [4.69, 9.17) is 20.4 Å². The molecular formula is C29H31FN4O7. The predicted octanol–water partition coefficient (Wildman–Crippen LogP) is 3.41. The summed E-state index contributed by atoms with van der Waals surface area (Å²) in [6.45, 7) is 3.09. The third-order valence-corrected chi connectivity index (χ3v) is 6.22. The highest BCUT2D eigenvalue weighted by atomic mass is 19.1. The molecule has 0 aliphatic carbocycles. The van der Waals surface area contributed by atoms with Crippen LogP contribution in [0.25, 0.3) is 10.9 Å². The monoisotopic (exact) mass is 566 g/mol. The number of carboxylic acid groups (broad SMARTS) is 3. The summed E-state index contributed by atoms with van der Waals surface area (Å²) in [5, 5.41) is 35.0. The number of benzene rings is 2. The highest BCUT2D eigenvalue weighted by Gasteiger charge is 2.40. The maximum absolute atomic E-state index is 14.2. The molecule has 0 unspecified atom stereocenters. The first-order chi connectivity index (χ1) is 19.6. The molecule has 216 valence electrons. The normalized spacial score (nSPS) is 11.2. The van der Waals surface area contributed by atoms with Crippen LogP contribution in [0.1, 0.15) is 30.4 Å². The van der Waals surface area contributed by atoms with Gasteiger partial charge in [-0.05, 0) is 30.2 Å². The van der Waals surface area contributed by atoms with E-state index in [1.807, 2.05) is 49.1 Å². The quantitative estimate of drug-likeness (QED) is 0.188. The molecule has 0 saturated carbocycles. The minimum absolute atomic E-state index is 0.151. The van der Waals surface area contributed by atoms with Gasteiger partial charge in [0.1, 0.15) is 5.82 Å². The van der Waals surface area contributed by atoms with Crippen LogP contribution >= 0.6 is 0 Å². The number of para-hydroxylation sites is 1. The maximum atomic E-state index is 14.2. The molecule has 2 aromatic heterocycles. The minimum atomic E-state index is -2.74. The van der Waals surface area contributed by atoms with E-state index < -0.39 is 36.4 Å². The summed E-state index contributed by atoms with van der Waals surface area (Å²) in [5.74, 6) is -5.17. The Hall–Kier alpha value is -4.68. The Morgan fingerprint density at radius 3 is 2.17 bits per heavy atom. The first-order valence-electron chi connectivity index (χ1n) is 12.7. The molecule has 4 aromatic rings. The Kier molecular flexibility index (Phi) is 11.0. The van der Waals surface area contributed by atoms with E-state index in [1.54, 1.807) is 12.3 Å². The number of carboxylic acids is 3. The van der Waals surface area contributed by atoms with Crippen molar-refractivity contribution in [3.63, 3.8) is 0 Å². The molecule has 11 nitrogen and oxygen atoms in total. The van der Waals surface area contributed by atoms with Crippen molar-refractivity contribution in [2.45, 2.75) is 44.5 Å². The smallest absolute Gasteiger partial charge is 0.336 e. The van der Waals surface area contributed by atoms with Crippen molar-refractivity contribution in [1.82, 2.24) is 19.4 Å². The van der Waals surface area contributed by atoms with Crippen molar-refractivity contribution in [3.8, 4) is 0 Å². The number of aromatic nitrogens is 3. The van der Waals surface area contributed by atoms with Gasteiger partial charge in [0, 0.05) is 55.7 Å². The lowest BCUT2D eigenvalue weighted by Gasteiger charge is -2.23. The molecule has 4 rings (SSSR count). The van der Waals surface area contributed by atoms with Crippen LogP contribution < -0.4 is 0 Å². The summed E-state index contributed by atoms with van der Waals surface area (Å²) in [7, 11) is 0. The van der Waals surface area contributed by atoms with E-state index in [0.717, 1.165) is 42.5 Å². The van der Waals surface area contributed by atoms with E-state index in [0.29, 0.717) is 6.54 Å². The molecule has 0 fully saturated rings. The maximum Gasteiger partial charge on any atom is 0.336 e. The van der Waals surface area contributed by atoms with Crippen LogP contribution in [-0.2, 0) is 34.0 Å². The zero-order valence-corrected chi connectivity index (χ0v) is 22.1. The van der Waals surface area contributed by atoms with Crippen LogP contribution in [0.5, 0.6) is 0 Å². The van der Waals surface area contributed by atoms with Crippen LogP contribution in [0.4, 0.5) is 4.39 Å². The summed E-state index contributed by atoms with van der Waals surface area (Å²) in [6, 6.07) is 17.2. The number of halogens is 1. The fourth-order valence-electron chi connectivity index (χ4n) is 4.23. The molecule has 12 heteroatoms. The zero-order chi connectivity index (χ0) is 29.8. The van der Waals surface area contributed by atoms with E-state index >= 15 is 0 Å². The average Bonchev–Trinajstić information content (AvgIpc) is 3.43. The van der Waals surface area contributed by atoms with E-state index in [2.05, 4.69) is 31.6 Å². The second kappa shape index (κ2) is 14.6. The topological polar surface area (TPSA) is 166 Å². The van der Waals surface area contributed by atoms with Gasteiger partial charge < -0.3 is 25.0 Å². The molecule has 41 heavy (non-hydrogen) atoms. The fourth-order valence-corrected chi connectivity index (χ4v) is 4.23. The lowest BCUT2D eigenvalue weighted by atomic mass is 9.96. The molecule has 0 aliphatic rings. The third-order valence-electron chi connectivity index (χ3n) is 6.22. The van der Waals surface area contributed by atoms with E-state index in [9.17, 15) is 18.8 Å². The molecule has 0 amide bonds. The SMILES string of the molecule is Fc1ccccc1CN(CCCn1ccnc1)Cc1ccnc2ccccc12.O=C(O)CC(O)(CC(=O)O)C(=O)O. The van der Waals surface area contributed by atoms with E-state index in [-0.39, 0.29) is 5.82 Å². The summed E-state index contributed by atoms with van der Waals surface area (Å²) < 4.78 is 16.3. The summed E-state index contributed by atoms with van der Waals surface area (Å²) in [6.07, 6.45) is 6.12. The number of aliphatic carboxylic acids is 3. The Labute approximate surface area is 235 Å². The van der Waals surface area contributed by atoms with Crippen molar-refractivity contribution in [2.24, 2.45) is 0 Å². The van der Waals surface area contributed by atoms with Gasteiger partial charge in [0.2, 0.25) is 0 Å². The van der Waals surface area contributed by atoms with Crippen LogP contribution in [0.15, 0.2) is 79.5 Å². The van der Waals surface area contributed by atoms with Gasteiger partial charge in [0.05, 0.1) is 24.7 Å². The minimum Gasteiger partial charge on any atom is -0.481 e. The van der Waals surface area contributed by atoms with E-state index in [1.165, 1.54) is 11.6 Å². The molecule has 2 aromatic carbocycles. The van der Waals surface area contributed by atoms with Gasteiger partial charge >= 0.3 is 17.9 Å². The van der Waals surface area contributed by atoms with Crippen molar-refractivity contribution in [2.75, 3.05) is 6.54 Å². The van der Waals surface area contributed by atoms with Gasteiger partial charge in [0.25, 0.3) is 0 Å². The Morgan fingerprint density at radius 2 is 1.54 bits per heavy atom. The van der Waals surface area contributed by atoms with Gasteiger partial charge in [-0.3, -0.25) is 19.5 Å². The molecule has 4 N–H and O–H groups in total.